The fourth-order valence-corrected chi connectivity index (χ4v) is 1.21. The third kappa shape index (κ3) is 3.03. The van der Waals surface area contributed by atoms with Crippen LogP contribution in [0.15, 0.2) is 16.9 Å². The van der Waals surface area contributed by atoms with Gasteiger partial charge in [-0.25, -0.2) is 0 Å². The van der Waals surface area contributed by atoms with Gasteiger partial charge in [0.15, 0.2) is 0 Å². The maximum atomic E-state index is 4.13. The lowest BCUT2D eigenvalue weighted by Gasteiger charge is -1.99. The van der Waals surface area contributed by atoms with E-state index in [9.17, 15) is 0 Å². The van der Waals surface area contributed by atoms with Crippen molar-refractivity contribution < 1.29 is 0 Å². The molecule has 0 amide bonds. The van der Waals surface area contributed by atoms with Gasteiger partial charge in [0.1, 0.15) is 0 Å². The summed E-state index contributed by atoms with van der Waals surface area (Å²) >= 11 is 3.34. The highest BCUT2D eigenvalue weighted by atomic mass is 79.9. The fraction of sp³-hybridized carbons (Fsp3) is 0.571. The van der Waals surface area contributed by atoms with Crippen LogP contribution >= 0.6 is 15.9 Å². The highest BCUT2D eigenvalue weighted by molar-refractivity contribution is 9.10. The molecule has 1 aromatic heterocycles. The molecular formula is C7H12BrN3. The summed E-state index contributed by atoms with van der Waals surface area (Å²) < 4.78 is 2.98. The predicted molar refractivity (Wildman–Crippen MR) is 48.5 cm³/mol. The van der Waals surface area contributed by atoms with Gasteiger partial charge in [-0.2, -0.15) is 5.10 Å². The van der Waals surface area contributed by atoms with Crippen LogP contribution in [0.1, 0.15) is 6.42 Å². The summed E-state index contributed by atoms with van der Waals surface area (Å²) in [5, 5.41) is 7.22. The summed E-state index contributed by atoms with van der Waals surface area (Å²) in [5.74, 6) is 0. The molecule has 1 aromatic rings. The Balaban J connectivity index is 2.27. The second-order valence-electron chi connectivity index (χ2n) is 2.38. The molecule has 0 atom stereocenters. The van der Waals surface area contributed by atoms with Gasteiger partial charge in [0, 0.05) is 12.7 Å². The van der Waals surface area contributed by atoms with Gasteiger partial charge in [0.05, 0.1) is 10.7 Å². The number of hydrogen-bond acceptors (Lipinski definition) is 2. The summed E-state index contributed by atoms with van der Waals surface area (Å²) in [6, 6.07) is 0. The summed E-state index contributed by atoms with van der Waals surface area (Å²) in [7, 11) is 1.96. The third-order valence-corrected chi connectivity index (χ3v) is 1.83. The Morgan fingerprint density at radius 1 is 1.73 bits per heavy atom. The molecule has 0 spiro atoms. The van der Waals surface area contributed by atoms with E-state index in [-0.39, 0.29) is 0 Å². The molecule has 1 rings (SSSR count). The molecule has 0 aliphatic rings. The second kappa shape index (κ2) is 4.51. The third-order valence-electron chi connectivity index (χ3n) is 1.42. The maximum absolute atomic E-state index is 4.13. The second-order valence-corrected chi connectivity index (χ2v) is 3.29. The molecule has 0 aromatic carbocycles. The Morgan fingerprint density at radius 3 is 3.09 bits per heavy atom. The molecule has 0 fully saturated rings. The van der Waals surface area contributed by atoms with Gasteiger partial charge in [0.2, 0.25) is 0 Å². The van der Waals surface area contributed by atoms with Crippen LogP contribution < -0.4 is 5.32 Å². The Hall–Kier alpha value is -0.350. The van der Waals surface area contributed by atoms with Crippen LogP contribution in [0.2, 0.25) is 0 Å². The number of nitrogens with zero attached hydrogens (tertiary/aromatic N) is 2. The van der Waals surface area contributed by atoms with E-state index in [4.69, 9.17) is 0 Å². The first kappa shape index (κ1) is 8.74. The average Bonchev–Trinajstić information content (AvgIpc) is 2.37. The normalized spacial score (nSPS) is 10.4. The van der Waals surface area contributed by atoms with Crippen molar-refractivity contribution in [3.05, 3.63) is 16.9 Å². The standard InChI is InChI=1S/C7H12BrN3/c1-9-3-2-4-11-6-7(8)5-10-11/h5-6,9H,2-4H2,1H3. The van der Waals surface area contributed by atoms with E-state index in [1.807, 2.05) is 17.9 Å². The molecule has 1 N–H and O–H groups in total. The minimum atomic E-state index is 0.979. The van der Waals surface area contributed by atoms with Crippen molar-refractivity contribution in [2.24, 2.45) is 0 Å². The Labute approximate surface area is 74.9 Å². The lowest BCUT2D eigenvalue weighted by molar-refractivity contribution is 0.562. The first-order chi connectivity index (χ1) is 5.33. The molecule has 0 unspecified atom stereocenters. The highest BCUT2D eigenvalue weighted by Crippen LogP contribution is 2.05. The van der Waals surface area contributed by atoms with E-state index >= 15 is 0 Å². The zero-order valence-electron chi connectivity index (χ0n) is 6.55. The van der Waals surface area contributed by atoms with E-state index in [0.717, 1.165) is 24.0 Å². The number of rotatable bonds is 4. The lowest BCUT2D eigenvalue weighted by atomic mass is 10.4. The quantitative estimate of drug-likeness (QED) is 0.771. The van der Waals surface area contributed by atoms with Gasteiger partial charge in [-0.3, -0.25) is 4.68 Å². The topological polar surface area (TPSA) is 29.9 Å². The van der Waals surface area contributed by atoms with Crippen molar-refractivity contribution >= 4 is 15.9 Å². The number of halogens is 1. The molecule has 3 nitrogen and oxygen atoms in total. The number of aryl methyl sites for hydroxylation is 1. The molecule has 0 saturated heterocycles. The smallest absolute Gasteiger partial charge is 0.0632 e. The minimum absolute atomic E-state index is 0.979. The first-order valence-corrected chi connectivity index (χ1v) is 4.45. The van der Waals surface area contributed by atoms with E-state index < -0.39 is 0 Å². The Kier molecular flexibility index (Phi) is 3.59. The van der Waals surface area contributed by atoms with Gasteiger partial charge >= 0.3 is 0 Å². The Bertz CT molecular complexity index is 209. The molecule has 0 bridgehead atoms. The first-order valence-electron chi connectivity index (χ1n) is 3.65. The monoisotopic (exact) mass is 217 g/mol. The van der Waals surface area contributed by atoms with E-state index in [1.165, 1.54) is 0 Å². The van der Waals surface area contributed by atoms with Gasteiger partial charge in [-0.15, -0.1) is 0 Å². The molecule has 0 aliphatic carbocycles. The number of nitrogens with one attached hydrogen (secondary N) is 1. The van der Waals surface area contributed by atoms with Gasteiger partial charge in [-0.1, -0.05) is 0 Å². The predicted octanol–water partition coefficient (Wildman–Crippen LogP) is 1.26. The van der Waals surface area contributed by atoms with Crippen molar-refractivity contribution in [2.45, 2.75) is 13.0 Å². The summed E-state index contributed by atoms with van der Waals surface area (Å²) in [5.41, 5.74) is 0. The zero-order chi connectivity index (χ0) is 8.10. The SMILES string of the molecule is CNCCCn1cc(Br)cn1. The van der Waals surface area contributed by atoms with Crippen LogP contribution in [-0.4, -0.2) is 23.4 Å². The molecule has 0 saturated carbocycles. The molecule has 4 heteroatoms. The van der Waals surface area contributed by atoms with E-state index in [2.05, 4.69) is 26.3 Å². The van der Waals surface area contributed by atoms with E-state index in [1.54, 1.807) is 6.20 Å². The molecular weight excluding hydrogens is 206 g/mol. The summed E-state index contributed by atoms with van der Waals surface area (Å²) in [6.07, 6.45) is 4.90. The van der Waals surface area contributed by atoms with Crippen molar-refractivity contribution in [2.75, 3.05) is 13.6 Å². The molecule has 0 radical (unpaired) electrons. The molecule has 11 heavy (non-hydrogen) atoms. The van der Waals surface area contributed by atoms with Crippen molar-refractivity contribution in [1.82, 2.24) is 15.1 Å². The van der Waals surface area contributed by atoms with Gasteiger partial charge in [0.25, 0.3) is 0 Å². The lowest BCUT2D eigenvalue weighted by Crippen LogP contribution is -2.11. The minimum Gasteiger partial charge on any atom is -0.320 e. The van der Waals surface area contributed by atoms with Crippen LogP contribution in [-0.2, 0) is 6.54 Å². The average molecular weight is 218 g/mol. The maximum Gasteiger partial charge on any atom is 0.0632 e. The zero-order valence-corrected chi connectivity index (χ0v) is 8.13. The van der Waals surface area contributed by atoms with Crippen LogP contribution in [0, 0.1) is 0 Å². The summed E-state index contributed by atoms with van der Waals surface area (Å²) in [6.45, 7) is 2.02. The van der Waals surface area contributed by atoms with Gasteiger partial charge < -0.3 is 5.32 Å². The van der Waals surface area contributed by atoms with Crippen LogP contribution in [0.4, 0.5) is 0 Å². The van der Waals surface area contributed by atoms with Crippen molar-refractivity contribution in [1.29, 1.82) is 0 Å². The Morgan fingerprint density at radius 2 is 2.55 bits per heavy atom. The largest absolute Gasteiger partial charge is 0.320 e. The molecule has 62 valence electrons. The molecule has 1 heterocycles. The number of aromatic nitrogens is 2. The van der Waals surface area contributed by atoms with Crippen LogP contribution in [0.3, 0.4) is 0 Å². The van der Waals surface area contributed by atoms with Gasteiger partial charge in [-0.05, 0) is 35.9 Å². The van der Waals surface area contributed by atoms with Crippen LogP contribution in [0.5, 0.6) is 0 Å². The van der Waals surface area contributed by atoms with E-state index in [0.29, 0.717) is 0 Å². The number of hydrogen-bond donors (Lipinski definition) is 1. The fourth-order valence-electron chi connectivity index (χ4n) is 0.878. The summed E-state index contributed by atoms with van der Waals surface area (Å²) in [4.78, 5) is 0. The van der Waals surface area contributed by atoms with Crippen molar-refractivity contribution in [3.63, 3.8) is 0 Å². The van der Waals surface area contributed by atoms with Crippen molar-refractivity contribution in [3.8, 4) is 0 Å². The van der Waals surface area contributed by atoms with Crippen LogP contribution in [0.25, 0.3) is 0 Å². The molecule has 0 aliphatic heterocycles. The highest BCUT2D eigenvalue weighted by Gasteiger charge is 1.92.